The number of rotatable bonds is 2. The van der Waals surface area contributed by atoms with Crippen LogP contribution in [0.4, 0.5) is 0 Å². The molecule has 0 aromatic heterocycles. The van der Waals surface area contributed by atoms with Crippen LogP contribution in [-0.4, -0.2) is 39.9 Å². The van der Waals surface area contributed by atoms with Crippen molar-refractivity contribution in [2.24, 2.45) is 11.8 Å². The van der Waals surface area contributed by atoms with Crippen molar-refractivity contribution in [2.75, 3.05) is 0 Å². The maximum Gasteiger partial charge on any atom is 0.237 e. The molecule has 2 saturated heterocycles. The van der Waals surface area contributed by atoms with Crippen molar-refractivity contribution >= 4 is 23.4 Å². The summed E-state index contributed by atoms with van der Waals surface area (Å²) in [7, 11) is 0. The van der Waals surface area contributed by atoms with E-state index in [-0.39, 0.29) is 23.1 Å². The molecule has 2 aromatic carbocycles. The zero-order chi connectivity index (χ0) is 22.2. The minimum atomic E-state index is -1.97. The summed E-state index contributed by atoms with van der Waals surface area (Å²) < 4.78 is 6.31. The van der Waals surface area contributed by atoms with Crippen LogP contribution in [0.15, 0.2) is 48.5 Å². The molecule has 32 heavy (non-hydrogen) atoms. The first-order chi connectivity index (χ1) is 15.4. The van der Waals surface area contributed by atoms with Crippen molar-refractivity contribution in [2.45, 2.75) is 50.4 Å². The Morgan fingerprint density at radius 3 is 2.16 bits per heavy atom. The highest BCUT2D eigenvalue weighted by Gasteiger charge is 2.75. The number of Topliss-reactive ketones (excluding diaryl/α,β-unsaturated/α-hetero) is 2. The van der Waals surface area contributed by atoms with Crippen LogP contribution in [0.5, 0.6) is 0 Å². The number of carbonyl (C=O) groups excluding carboxylic acids is 4. The topological polar surface area (TPSA) is 80.8 Å². The van der Waals surface area contributed by atoms with Crippen LogP contribution in [0.1, 0.15) is 63.6 Å². The Kier molecular flexibility index (Phi) is 4.09. The largest absolute Gasteiger partial charge is 0.349 e. The average Bonchev–Trinajstić information content (AvgIpc) is 3.53. The molecule has 162 valence electrons. The summed E-state index contributed by atoms with van der Waals surface area (Å²) in [6.45, 7) is 1.93. The highest BCUT2D eigenvalue weighted by molar-refractivity contribution is 6.35. The number of nitrogens with zero attached hydrogens (tertiary/aromatic N) is 1. The lowest BCUT2D eigenvalue weighted by molar-refractivity contribution is -0.147. The number of hydrogen-bond acceptors (Lipinski definition) is 5. The third-order valence-electron chi connectivity index (χ3n) is 7.61. The lowest BCUT2D eigenvalue weighted by atomic mass is 9.77. The summed E-state index contributed by atoms with van der Waals surface area (Å²) in [5.74, 6) is -3.76. The zero-order valence-corrected chi connectivity index (χ0v) is 17.7. The first-order valence-corrected chi connectivity index (χ1v) is 11.2. The van der Waals surface area contributed by atoms with Crippen molar-refractivity contribution < 1.29 is 23.9 Å². The molecule has 2 amide bonds. The number of ketones is 2. The summed E-state index contributed by atoms with van der Waals surface area (Å²) in [4.78, 5) is 56.1. The van der Waals surface area contributed by atoms with Gasteiger partial charge in [0.05, 0.1) is 17.9 Å². The van der Waals surface area contributed by atoms with Crippen LogP contribution >= 0.6 is 0 Å². The van der Waals surface area contributed by atoms with E-state index in [1.54, 1.807) is 24.3 Å². The molecule has 0 radical (unpaired) electrons. The van der Waals surface area contributed by atoms with E-state index in [0.717, 1.165) is 31.2 Å². The smallest absolute Gasteiger partial charge is 0.237 e. The number of likely N-dealkylation sites (tertiary alicyclic amines) is 1. The predicted molar refractivity (Wildman–Crippen MR) is 114 cm³/mol. The second-order valence-corrected chi connectivity index (χ2v) is 9.38. The summed E-state index contributed by atoms with van der Waals surface area (Å²) in [6, 6.07) is 13.9. The molecule has 0 bridgehead atoms. The summed E-state index contributed by atoms with van der Waals surface area (Å²) in [5.41, 5.74) is 0.243. The first-order valence-electron chi connectivity index (χ1n) is 11.2. The first kappa shape index (κ1) is 19.6. The van der Waals surface area contributed by atoms with Crippen LogP contribution < -0.4 is 0 Å². The van der Waals surface area contributed by atoms with Gasteiger partial charge in [0.2, 0.25) is 29.0 Å². The van der Waals surface area contributed by atoms with Crippen molar-refractivity contribution in [3.63, 3.8) is 0 Å². The van der Waals surface area contributed by atoms with Gasteiger partial charge < -0.3 is 4.74 Å². The number of hydrogen-bond donors (Lipinski definition) is 0. The molecule has 6 heteroatoms. The maximum absolute atomic E-state index is 13.8. The van der Waals surface area contributed by atoms with Gasteiger partial charge in [0.25, 0.3) is 0 Å². The number of amides is 2. The van der Waals surface area contributed by atoms with Gasteiger partial charge in [-0.1, -0.05) is 66.9 Å². The summed E-state index contributed by atoms with van der Waals surface area (Å²) >= 11 is 0. The van der Waals surface area contributed by atoms with Gasteiger partial charge in [-0.05, 0) is 25.3 Å². The molecule has 3 atom stereocenters. The predicted octanol–water partition coefficient (Wildman–Crippen LogP) is 3.43. The highest BCUT2D eigenvalue weighted by atomic mass is 16.5. The normalized spacial score (nSPS) is 28.8. The highest BCUT2D eigenvalue weighted by Crippen LogP contribution is 2.57. The fourth-order valence-corrected chi connectivity index (χ4v) is 6.21. The maximum atomic E-state index is 13.8. The van der Waals surface area contributed by atoms with Crippen LogP contribution in [-0.2, 0) is 14.3 Å². The molecule has 0 unspecified atom stereocenters. The summed E-state index contributed by atoms with van der Waals surface area (Å²) in [6.07, 6.45) is 2.63. The molecular weight excluding hydrogens is 406 g/mol. The van der Waals surface area contributed by atoms with Gasteiger partial charge in [-0.3, -0.25) is 24.1 Å². The Labute approximate surface area is 185 Å². The van der Waals surface area contributed by atoms with Crippen LogP contribution in [0.25, 0.3) is 0 Å². The second-order valence-electron chi connectivity index (χ2n) is 9.38. The third-order valence-corrected chi connectivity index (χ3v) is 7.61. The molecule has 1 saturated carbocycles. The zero-order valence-electron chi connectivity index (χ0n) is 17.7. The Balaban J connectivity index is 1.53. The lowest BCUT2D eigenvalue weighted by Crippen LogP contribution is -2.51. The van der Waals surface area contributed by atoms with E-state index in [1.165, 1.54) is 4.90 Å². The number of ether oxygens (including phenoxy) is 1. The van der Waals surface area contributed by atoms with Crippen LogP contribution in [0.2, 0.25) is 0 Å². The summed E-state index contributed by atoms with van der Waals surface area (Å²) in [5, 5.41) is 0. The second kappa shape index (κ2) is 6.69. The van der Waals surface area contributed by atoms with Crippen LogP contribution in [0, 0.1) is 18.8 Å². The van der Waals surface area contributed by atoms with Crippen molar-refractivity contribution in [1.82, 2.24) is 4.90 Å². The number of aryl methyl sites for hydroxylation is 1. The van der Waals surface area contributed by atoms with E-state index in [1.807, 2.05) is 31.2 Å². The molecule has 3 fully saturated rings. The Morgan fingerprint density at radius 2 is 1.53 bits per heavy atom. The lowest BCUT2D eigenvalue weighted by Gasteiger charge is -2.29. The van der Waals surface area contributed by atoms with E-state index in [2.05, 4.69) is 0 Å². The van der Waals surface area contributed by atoms with E-state index < -0.39 is 41.0 Å². The molecule has 4 aliphatic rings. The number of fused-ring (bicyclic) bond motifs is 3. The third kappa shape index (κ3) is 2.33. The van der Waals surface area contributed by atoms with E-state index >= 15 is 0 Å². The molecular formula is C26H23NO5. The van der Waals surface area contributed by atoms with Crippen molar-refractivity contribution in [3.8, 4) is 0 Å². The molecule has 1 spiro atoms. The van der Waals surface area contributed by atoms with Gasteiger partial charge in [-0.15, -0.1) is 0 Å². The molecule has 2 aliphatic carbocycles. The molecule has 6 rings (SSSR count). The van der Waals surface area contributed by atoms with Crippen molar-refractivity contribution in [3.05, 3.63) is 70.8 Å². The number of carbonyl (C=O) groups is 4. The molecule has 2 aliphatic heterocycles. The molecule has 0 N–H and O–H groups in total. The van der Waals surface area contributed by atoms with Gasteiger partial charge in [0.1, 0.15) is 0 Å². The van der Waals surface area contributed by atoms with E-state index in [4.69, 9.17) is 4.74 Å². The Hall–Kier alpha value is -3.12. The van der Waals surface area contributed by atoms with Crippen LogP contribution in [0.3, 0.4) is 0 Å². The van der Waals surface area contributed by atoms with Gasteiger partial charge in [0.15, 0.2) is 0 Å². The molecule has 2 heterocycles. The van der Waals surface area contributed by atoms with Gasteiger partial charge in [-0.25, -0.2) is 0 Å². The standard InChI is InChI=1S/C26H23NO5/c1-14-7-6-8-15(13-14)21-19-20(25(31)27(24(19)30)16-9-2-3-10-16)26(32-21)22(28)17-11-4-5-12-18(17)23(26)29/h4-8,11-13,16,19-21H,2-3,9-10H2,1H3/t19-,20-,21+/m1/s1. The monoisotopic (exact) mass is 429 g/mol. The Bertz CT molecular complexity index is 1160. The quantitative estimate of drug-likeness (QED) is 0.540. The Morgan fingerprint density at radius 1 is 0.875 bits per heavy atom. The minimum absolute atomic E-state index is 0.162. The average molecular weight is 429 g/mol. The van der Waals surface area contributed by atoms with Gasteiger partial charge >= 0.3 is 0 Å². The van der Waals surface area contributed by atoms with E-state index in [0.29, 0.717) is 5.56 Å². The SMILES string of the molecule is Cc1cccc([C@@H]2OC3(C(=O)c4ccccc4C3=O)[C@H]3C(=O)N(C4CCCC4)C(=O)[C@@H]23)c1. The number of imide groups is 1. The molecule has 2 aromatic rings. The fraction of sp³-hybridized carbons (Fsp3) is 0.385. The number of benzene rings is 2. The van der Waals surface area contributed by atoms with Gasteiger partial charge in [0, 0.05) is 17.2 Å². The van der Waals surface area contributed by atoms with E-state index in [9.17, 15) is 19.2 Å². The van der Waals surface area contributed by atoms with Crippen molar-refractivity contribution in [1.29, 1.82) is 0 Å². The van der Waals surface area contributed by atoms with Gasteiger partial charge in [-0.2, -0.15) is 0 Å². The molecule has 6 nitrogen and oxygen atoms in total. The fourth-order valence-electron chi connectivity index (χ4n) is 6.21. The minimum Gasteiger partial charge on any atom is -0.349 e.